The lowest BCUT2D eigenvalue weighted by atomic mass is 10.2. The number of esters is 1. The smallest absolute Gasteiger partial charge is 0.349 e. The van der Waals surface area contributed by atoms with E-state index in [1.807, 2.05) is 0 Å². The van der Waals surface area contributed by atoms with Gasteiger partial charge in [-0.15, -0.1) is 4.68 Å². The van der Waals surface area contributed by atoms with Crippen LogP contribution in [0.3, 0.4) is 0 Å². The van der Waals surface area contributed by atoms with Gasteiger partial charge in [0.15, 0.2) is 17.6 Å². The molecule has 1 heterocycles. The van der Waals surface area contributed by atoms with Gasteiger partial charge in [-0.3, -0.25) is 4.79 Å². The highest BCUT2D eigenvalue weighted by atomic mass is 16.6. The number of para-hydroxylation sites is 1. The van der Waals surface area contributed by atoms with Crippen LogP contribution < -0.4 is 20.7 Å². The minimum Gasteiger partial charge on any atom is -0.493 e. The lowest BCUT2D eigenvalue weighted by Crippen LogP contribution is -2.32. The second kappa shape index (κ2) is 9.08. The number of hydrogen-bond acceptors (Lipinski definition) is 7. The summed E-state index contributed by atoms with van der Waals surface area (Å²) in [4.78, 5) is 39.1. The third-order valence-corrected chi connectivity index (χ3v) is 4.22. The molecule has 0 fully saturated rings. The number of rotatable bonds is 7. The molecule has 9 nitrogen and oxygen atoms in total. The number of aromatic nitrogens is 2. The highest BCUT2D eigenvalue weighted by Crippen LogP contribution is 2.28. The van der Waals surface area contributed by atoms with E-state index in [0.29, 0.717) is 28.0 Å². The van der Waals surface area contributed by atoms with Crippen molar-refractivity contribution < 1.29 is 19.0 Å². The topological polar surface area (TPSA) is 112 Å². The summed E-state index contributed by atoms with van der Waals surface area (Å²) in [6, 6.07) is 11.5. The summed E-state index contributed by atoms with van der Waals surface area (Å²) in [6.07, 6.45) is 0.542. The van der Waals surface area contributed by atoms with E-state index in [4.69, 9.17) is 14.2 Å². The maximum atomic E-state index is 12.5. The quantitative estimate of drug-likeness (QED) is 0.470. The normalized spacial score (nSPS) is 12.1. The largest absolute Gasteiger partial charge is 0.493 e. The third kappa shape index (κ3) is 4.40. The summed E-state index contributed by atoms with van der Waals surface area (Å²) in [7, 11) is 1.46. The molecule has 30 heavy (non-hydrogen) atoms. The van der Waals surface area contributed by atoms with Crippen LogP contribution in [-0.2, 0) is 9.53 Å². The highest BCUT2D eigenvalue weighted by Gasteiger charge is 2.18. The fourth-order valence-corrected chi connectivity index (χ4v) is 2.74. The number of H-pyrrole nitrogens is 1. The van der Waals surface area contributed by atoms with Crippen molar-refractivity contribution in [3.8, 4) is 11.5 Å². The number of carbonyl (C=O) groups is 1. The van der Waals surface area contributed by atoms with Gasteiger partial charge in [-0.2, -0.15) is 5.10 Å². The van der Waals surface area contributed by atoms with Crippen LogP contribution in [0.5, 0.6) is 11.5 Å². The zero-order valence-corrected chi connectivity index (χ0v) is 16.7. The van der Waals surface area contributed by atoms with Crippen molar-refractivity contribution in [2.45, 2.75) is 20.0 Å². The second-order valence-electron chi connectivity index (χ2n) is 6.26. The number of carbonyl (C=O) groups excluding carboxylic acids is 1. The summed E-state index contributed by atoms with van der Waals surface area (Å²) in [5.74, 6) is 0.214. The molecule has 0 spiro atoms. The minimum absolute atomic E-state index is 0.256. The summed E-state index contributed by atoms with van der Waals surface area (Å²) >= 11 is 0. The molecular weight excluding hydrogens is 390 g/mol. The first-order valence-corrected chi connectivity index (χ1v) is 9.24. The molecule has 0 unspecified atom stereocenters. The summed E-state index contributed by atoms with van der Waals surface area (Å²) in [5.41, 5.74) is -0.175. The van der Waals surface area contributed by atoms with E-state index >= 15 is 0 Å². The van der Waals surface area contributed by atoms with Crippen molar-refractivity contribution in [1.29, 1.82) is 0 Å². The average molecular weight is 411 g/mol. The second-order valence-corrected chi connectivity index (χ2v) is 6.26. The Kier molecular flexibility index (Phi) is 6.31. The first-order chi connectivity index (χ1) is 14.4. The lowest BCUT2D eigenvalue weighted by Gasteiger charge is -2.16. The van der Waals surface area contributed by atoms with Crippen LogP contribution in [0, 0.1) is 0 Å². The van der Waals surface area contributed by atoms with E-state index < -0.39 is 23.3 Å². The van der Waals surface area contributed by atoms with Gasteiger partial charge >= 0.3 is 11.7 Å². The molecule has 1 atom stereocenters. The molecule has 0 aliphatic carbocycles. The fourth-order valence-electron chi connectivity index (χ4n) is 2.74. The van der Waals surface area contributed by atoms with E-state index in [9.17, 15) is 14.4 Å². The Bertz CT molecular complexity index is 1210. The van der Waals surface area contributed by atoms with Crippen LogP contribution in [-0.4, -0.2) is 41.7 Å². The molecule has 156 valence electrons. The molecule has 3 aromatic rings. The van der Waals surface area contributed by atoms with Crippen LogP contribution in [0.25, 0.3) is 10.9 Å². The highest BCUT2D eigenvalue weighted by molar-refractivity contribution is 5.81. The lowest BCUT2D eigenvalue weighted by molar-refractivity contribution is -0.150. The molecule has 0 saturated heterocycles. The summed E-state index contributed by atoms with van der Waals surface area (Å²) < 4.78 is 16.6. The van der Waals surface area contributed by atoms with E-state index in [1.165, 1.54) is 13.3 Å². The monoisotopic (exact) mass is 411 g/mol. The number of nitrogens with one attached hydrogen (secondary N) is 1. The Hall–Kier alpha value is -3.88. The van der Waals surface area contributed by atoms with Crippen molar-refractivity contribution in [2.75, 3.05) is 13.7 Å². The van der Waals surface area contributed by atoms with Gasteiger partial charge in [-0.25, -0.2) is 9.59 Å². The number of methoxy groups -OCH3 is 1. The van der Waals surface area contributed by atoms with Crippen molar-refractivity contribution >= 4 is 23.1 Å². The summed E-state index contributed by atoms with van der Waals surface area (Å²) in [6.45, 7) is 3.54. The number of ether oxygens (including phenoxy) is 3. The maximum Gasteiger partial charge on any atom is 0.349 e. The Balaban J connectivity index is 1.88. The number of benzene rings is 2. The van der Waals surface area contributed by atoms with Crippen LogP contribution in [0.1, 0.15) is 19.4 Å². The van der Waals surface area contributed by atoms with Crippen LogP contribution in [0.15, 0.2) is 57.2 Å². The predicted molar refractivity (Wildman–Crippen MR) is 112 cm³/mol. The molecule has 0 saturated carbocycles. The molecule has 3 rings (SSSR count). The zero-order chi connectivity index (χ0) is 21.7. The number of fused-ring (bicyclic) bond motifs is 1. The molecule has 0 aliphatic rings. The Morgan fingerprint density at radius 2 is 1.97 bits per heavy atom. The SMILES string of the molecule is CCOC(=O)[C@@H](C)Oc1ccc(C=Nn2c(=O)[nH]c3ccccc3c2=O)cc1OC. The minimum atomic E-state index is -0.812. The van der Waals surface area contributed by atoms with Crippen molar-refractivity contribution in [3.05, 3.63) is 68.9 Å². The maximum absolute atomic E-state index is 12.5. The van der Waals surface area contributed by atoms with Gasteiger partial charge < -0.3 is 19.2 Å². The molecular formula is C21H21N3O6. The Morgan fingerprint density at radius 1 is 1.20 bits per heavy atom. The average Bonchev–Trinajstić information content (AvgIpc) is 2.74. The first kappa shape index (κ1) is 20.8. The zero-order valence-electron chi connectivity index (χ0n) is 16.7. The van der Waals surface area contributed by atoms with Gasteiger partial charge in [0.1, 0.15) is 0 Å². The van der Waals surface area contributed by atoms with Gasteiger partial charge in [0.05, 0.1) is 30.8 Å². The summed E-state index contributed by atoms with van der Waals surface area (Å²) in [5, 5.41) is 4.36. The number of nitrogens with zero attached hydrogens (tertiary/aromatic N) is 2. The molecule has 9 heteroatoms. The molecule has 0 aliphatic heterocycles. The third-order valence-electron chi connectivity index (χ3n) is 4.22. The van der Waals surface area contributed by atoms with E-state index in [1.54, 1.807) is 56.3 Å². The molecule has 0 radical (unpaired) electrons. The Morgan fingerprint density at radius 3 is 2.70 bits per heavy atom. The molecule has 1 aromatic heterocycles. The Labute approximate surface area is 171 Å². The molecule has 1 N–H and O–H groups in total. The van der Waals surface area contributed by atoms with Crippen molar-refractivity contribution in [2.24, 2.45) is 5.10 Å². The van der Waals surface area contributed by atoms with E-state index in [-0.39, 0.29) is 6.61 Å². The fraction of sp³-hybridized carbons (Fsp3) is 0.238. The van der Waals surface area contributed by atoms with Gasteiger partial charge in [-0.1, -0.05) is 12.1 Å². The molecule has 0 amide bonds. The van der Waals surface area contributed by atoms with Gasteiger partial charge in [0, 0.05) is 0 Å². The van der Waals surface area contributed by atoms with E-state index in [0.717, 1.165) is 4.68 Å². The molecule has 0 bridgehead atoms. The molecule has 2 aromatic carbocycles. The first-order valence-electron chi connectivity index (χ1n) is 9.24. The van der Waals surface area contributed by atoms with Gasteiger partial charge in [-0.05, 0) is 49.7 Å². The van der Waals surface area contributed by atoms with Crippen LogP contribution in [0.2, 0.25) is 0 Å². The van der Waals surface area contributed by atoms with Gasteiger partial charge in [0.25, 0.3) is 5.56 Å². The van der Waals surface area contributed by atoms with Crippen molar-refractivity contribution in [1.82, 2.24) is 9.66 Å². The van der Waals surface area contributed by atoms with Gasteiger partial charge in [0.2, 0.25) is 0 Å². The van der Waals surface area contributed by atoms with E-state index in [2.05, 4.69) is 10.1 Å². The number of aromatic amines is 1. The van der Waals surface area contributed by atoms with Crippen LogP contribution in [0.4, 0.5) is 0 Å². The van der Waals surface area contributed by atoms with Crippen molar-refractivity contribution in [3.63, 3.8) is 0 Å². The predicted octanol–water partition coefficient (Wildman–Crippen LogP) is 1.91. The number of hydrogen-bond donors (Lipinski definition) is 1. The standard InChI is InChI=1S/C21H21N3O6/c1-4-29-20(26)13(2)30-17-10-9-14(11-18(17)28-3)12-22-24-19(25)15-7-5-6-8-16(15)23-21(24)27/h5-13H,4H2,1-3H3,(H,23,27)/t13-/m1/s1. The van der Waals surface area contributed by atoms with Crippen LogP contribution >= 0.6 is 0 Å².